The molecule has 2 fully saturated rings. The summed E-state index contributed by atoms with van der Waals surface area (Å²) in [5.41, 5.74) is 6.97. The molecule has 1 aliphatic carbocycles. The van der Waals surface area contributed by atoms with Crippen LogP contribution in [0.15, 0.2) is 24.3 Å². The van der Waals surface area contributed by atoms with E-state index in [1.54, 1.807) is 0 Å². The molecule has 0 spiro atoms. The largest absolute Gasteiger partial charge is 0.324 e. The smallest absolute Gasteiger partial charge is 0.244 e. The third-order valence-corrected chi connectivity index (χ3v) is 4.82. The lowest BCUT2D eigenvalue weighted by Gasteiger charge is -2.24. The first kappa shape index (κ1) is 15.0. The molecule has 1 unspecified atom stereocenters. The number of nitrogens with zero attached hydrogens (tertiary/aromatic N) is 1. The lowest BCUT2D eigenvalue weighted by Crippen LogP contribution is -2.48. The fourth-order valence-corrected chi connectivity index (χ4v) is 3.45. The minimum absolute atomic E-state index is 0.122. The molecule has 1 saturated carbocycles. The summed E-state index contributed by atoms with van der Waals surface area (Å²) in [6, 6.07) is 7.67. The second-order valence-electron chi connectivity index (χ2n) is 6.52. The highest BCUT2D eigenvalue weighted by atomic mass is 16.2. The predicted molar refractivity (Wildman–Crippen MR) is 86.6 cm³/mol. The zero-order valence-corrected chi connectivity index (χ0v) is 13.0. The number of anilines is 2. The van der Waals surface area contributed by atoms with Crippen molar-refractivity contribution in [2.45, 2.75) is 57.0 Å². The number of nitrogens with two attached hydrogens (primary N) is 1. The van der Waals surface area contributed by atoms with Crippen molar-refractivity contribution in [2.24, 2.45) is 5.73 Å². The number of amides is 2. The lowest BCUT2D eigenvalue weighted by molar-refractivity contribution is -0.121. The number of benzene rings is 1. The predicted octanol–water partition coefficient (Wildman–Crippen LogP) is 2.41. The van der Waals surface area contributed by atoms with Crippen LogP contribution in [0.5, 0.6) is 0 Å². The molecule has 3 N–H and O–H groups in total. The summed E-state index contributed by atoms with van der Waals surface area (Å²) in [7, 11) is 0. The molecular formula is C17H23N3O2. The van der Waals surface area contributed by atoms with Gasteiger partial charge in [-0.3, -0.25) is 9.59 Å². The molecule has 1 heterocycles. The molecule has 0 bridgehead atoms. The van der Waals surface area contributed by atoms with Gasteiger partial charge in [-0.2, -0.15) is 0 Å². The molecule has 0 aromatic heterocycles. The highest BCUT2D eigenvalue weighted by Gasteiger charge is 2.37. The lowest BCUT2D eigenvalue weighted by atomic mass is 9.98. The van der Waals surface area contributed by atoms with E-state index in [4.69, 9.17) is 5.73 Å². The Labute approximate surface area is 130 Å². The van der Waals surface area contributed by atoms with Gasteiger partial charge in [-0.05, 0) is 44.4 Å². The molecule has 1 aromatic rings. The molecule has 5 heteroatoms. The molecule has 2 amide bonds. The fourth-order valence-electron chi connectivity index (χ4n) is 3.45. The Morgan fingerprint density at radius 1 is 1.36 bits per heavy atom. The summed E-state index contributed by atoms with van der Waals surface area (Å²) in [5, 5.41) is 2.92. The van der Waals surface area contributed by atoms with Gasteiger partial charge in [-0.25, -0.2) is 0 Å². The van der Waals surface area contributed by atoms with Crippen LogP contribution in [0.3, 0.4) is 0 Å². The van der Waals surface area contributed by atoms with Crippen molar-refractivity contribution in [3.05, 3.63) is 24.3 Å². The van der Waals surface area contributed by atoms with E-state index in [1.807, 2.05) is 36.1 Å². The molecule has 1 aliphatic heterocycles. The van der Waals surface area contributed by atoms with Crippen molar-refractivity contribution < 1.29 is 9.59 Å². The molecule has 118 valence electrons. The highest BCUT2D eigenvalue weighted by Crippen LogP contribution is 2.31. The van der Waals surface area contributed by atoms with Crippen LogP contribution in [-0.2, 0) is 9.59 Å². The Morgan fingerprint density at radius 2 is 2.09 bits per heavy atom. The molecule has 1 saturated heterocycles. The van der Waals surface area contributed by atoms with Crippen LogP contribution in [0.4, 0.5) is 11.4 Å². The van der Waals surface area contributed by atoms with Crippen molar-refractivity contribution in [3.8, 4) is 0 Å². The molecule has 1 aromatic carbocycles. The van der Waals surface area contributed by atoms with Gasteiger partial charge < -0.3 is 16.0 Å². The molecule has 2 aliphatic rings. The standard InChI is InChI=1S/C17H23N3O2/c1-12-7-8-15(21)20(12)14-6-4-5-13(11-14)19-16(22)17(18)9-2-3-10-17/h4-6,11-12H,2-3,7-10,18H2,1H3,(H,19,22). The van der Waals surface area contributed by atoms with Crippen LogP contribution >= 0.6 is 0 Å². The van der Waals surface area contributed by atoms with Crippen LogP contribution in [0.1, 0.15) is 45.4 Å². The number of carbonyl (C=O) groups is 2. The van der Waals surface area contributed by atoms with Gasteiger partial charge in [0.05, 0.1) is 5.54 Å². The third-order valence-electron chi connectivity index (χ3n) is 4.82. The second kappa shape index (κ2) is 5.72. The van der Waals surface area contributed by atoms with Crippen LogP contribution in [-0.4, -0.2) is 23.4 Å². The van der Waals surface area contributed by atoms with Gasteiger partial charge in [0.15, 0.2) is 0 Å². The zero-order valence-electron chi connectivity index (χ0n) is 13.0. The van der Waals surface area contributed by atoms with Crippen LogP contribution in [0.25, 0.3) is 0 Å². The normalized spacial score (nSPS) is 23.8. The minimum atomic E-state index is -0.743. The van der Waals surface area contributed by atoms with E-state index < -0.39 is 5.54 Å². The average Bonchev–Trinajstić information content (AvgIpc) is 3.07. The highest BCUT2D eigenvalue weighted by molar-refractivity contribution is 6.00. The Balaban J connectivity index is 1.77. The quantitative estimate of drug-likeness (QED) is 0.900. The Morgan fingerprint density at radius 3 is 2.73 bits per heavy atom. The number of hydrogen-bond donors (Lipinski definition) is 2. The molecule has 1 atom stereocenters. The van der Waals surface area contributed by atoms with Crippen molar-refractivity contribution in [1.29, 1.82) is 0 Å². The Hall–Kier alpha value is -1.88. The summed E-state index contributed by atoms with van der Waals surface area (Å²) in [5.74, 6) is 0.0185. The molecule has 3 rings (SSSR count). The number of rotatable bonds is 3. The van der Waals surface area contributed by atoms with Gasteiger partial charge >= 0.3 is 0 Å². The van der Waals surface area contributed by atoms with E-state index in [1.165, 1.54) is 0 Å². The summed E-state index contributed by atoms with van der Waals surface area (Å²) in [6.45, 7) is 2.05. The zero-order chi connectivity index (χ0) is 15.7. The number of nitrogens with one attached hydrogen (secondary N) is 1. The first-order chi connectivity index (χ1) is 10.5. The summed E-state index contributed by atoms with van der Waals surface area (Å²) in [4.78, 5) is 26.2. The number of hydrogen-bond acceptors (Lipinski definition) is 3. The minimum Gasteiger partial charge on any atom is -0.324 e. The van der Waals surface area contributed by atoms with E-state index in [0.717, 1.165) is 37.8 Å². The van der Waals surface area contributed by atoms with E-state index in [-0.39, 0.29) is 17.9 Å². The summed E-state index contributed by atoms with van der Waals surface area (Å²) < 4.78 is 0. The first-order valence-corrected chi connectivity index (χ1v) is 8.02. The van der Waals surface area contributed by atoms with Gasteiger partial charge in [0.1, 0.15) is 0 Å². The van der Waals surface area contributed by atoms with E-state index in [0.29, 0.717) is 12.1 Å². The second-order valence-corrected chi connectivity index (χ2v) is 6.52. The van der Waals surface area contributed by atoms with Crippen molar-refractivity contribution in [1.82, 2.24) is 0 Å². The maximum atomic E-state index is 12.4. The van der Waals surface area contributed by atoms with Gasteiger partial charge in [0.2, 0.25) is 11.8 Å². The van der Waals surface area contributed by atoms with Crippen LogP contribution in [0.2, 0.25) is 0 Å². The molecule has 22 heavy (non-hydrogen) atoms. The topological polar surface area (TPSA) is 75.4 Å². The summed E-state index contributed by atoms with van der Waals surface area (Å²) in [6.07, 6.45) is 4.94. The van der Waals surface area contributed by atoms with Crippen LogP contribution in [0, 0.1) is 0 Å². The van der Waals surface area contributed by atoms with Crippen LogP contribution < -0.4 is 16.0 Å². The van der Waals surface area contributed by atoms with Gasteiger partial charge in [-0.1, -0.05) is 18.9 Å². The first-order valence-electron chi connectivity index (χ1n) is 8.02. The Bertz CT molecular complexity index is 593. The molecule has 0 radical (unpaired) electrons. The summed E-state index contributed by atoms with van der Waals surface area (Å²) >= 11 is 0. The maximum Gasteiger partial charge on any atom is 0.244 e. The maximum absolute atomic E-state index is 12.4. The Kier molecular flexibility index (Phi) is 3.91. The van der Waals surface area contributed by atoms with Gasteiger partial charge in [0, 0.05) is 23.8 Å². The average molecular weight is 301 g/mol. The van der Waals surface area contributed by atoms with E-state index >= 15 is 0 Å². The van der Waals surface area contributed by atoms with Crippen molar-refractivity contribution in [3.63, 3.8) is 0 Å². The molecular weight excluding hydrogens is 278 g/mol. The fraction of sp³-hybridized carbons (Fsp3) is 0.529. The van der Waals surface area contributed by atoms with Gasteiger partial charge in [0.25, 0.3) is 0 Å². The third kappa shape index (κ3) is 2.73. The number of carbonyl (C=O) groups excluding carboxylic acids is 2. The van der Waals surface area contributed by atoms with E-state index in [9.17, 15) is 9.59 Å². The van der Waals surface area contributed by atoms with Gasteiger partial charge in [-0.15, -0.1) is 0 Å². The van der Waals surface area contributed by atoms with Crippen molar-refractivity contribution in [2.75, 3.05) is 10.2 Å². The monoisotopic (exact) mass is 301 g/mol. The van der Waals surface area contributed by atoms with E-state index in [2.05, 4.69) is 5.32 Å². The SMILES string of the molecule is CC1CCC(=O)N1c1cccc(NC(=O)C2(N)CCCC2)c1. The van der Waals surface area contributed by atoms with Crippen molar-refractivity contribution >= 4 is 23.2 Å². The molecule has 5 nitrogen and oxygen atoms in total.